The minimum absolute atomic E-state index is 0.274. The fourth-order valence-electron chi connectivity index (χ4n) is 1.38. The van der Waals surface area contributed by atoms with Crippen molar-refractivity contribution in [2.45, 2.75) is 13.8 Å². The largest absolute Gasteiger partial charge is 0.508 e. The molecule has 0 saturated heterocycles. The maximum absolute atomic E-state index is 9.21. The summed E-state index contributed by atoms with van der Waals surface area (Å²) < 4.78 is 0. The molecule has 0 aliphatic carbocycles. The van der Waals surface area contributed by atoms with Gasteiger partial charge in [-0.25, -0.2) is 0 Å². The first-order valence-electron chi connectivity index (χ1n) is 5.86. The Morgan fingerprint density at radius 3 is 2.39 bits per heavy atom. The van der Waals surface area contributed by atoms with E-state index in [0.29, 0.717) is 5.70 Å². The molecular formula is C16H19NO. The first kappa shape index (κ1) is 13.8. The van der Waals surface area contributed by atoms with E-state index in [1.54, 1.807) is 12.1 Å². The molecule has 18 heavy (non-hydrogen) atoms. The van der Waals surface area contributed by atoms with Crippen molar-refractivity contribution in [1.29, 1.82) is 0 Å². The average molecular weight is 241 g/mol. The van der Waals surface area contributed by atoms with E-state index in [1.165, 1.54) is 0 Å². The molecule has 0 fully saturated rings. The van der Waals surface area contributed by atoms with Crippen molar-refractivity contribution < 1.29 is 5.11 Å². The Kier molecular flexibility index (Phi) is 5.52. The molecule has 1 aromatic rings. The van der Waals surface area contributed by atoms with Gasteiger partial charge in [0, 0.05) is 5.70 Å². The van der Waals surface area contributed by atoms with E-state index >= 15 is 0 Å². The van der Waals surface area contributed by atoms with Gasteiger partial charge >= 0.3 is 0 Å². The molecule has 0 aliphatic heterocycles. The molecule has 2 heteroatoms. The highest BCUT2D eigenvalue weighted by molar-refractivity contribution is 5.65. The third-order valence-electron chi connectivity index (χ3n) is 2.44. The lowest BCUT2D eigenvalue weighted by Gasteiger charge is -2.00. The van der Waals surface area contributed by atoms with E-state index in [1.807, 2.05) is 62.4 Å². The summed E-state index contributed by atoms with van der Waals surface area (Å²) in [6.45, 7) is 3.96. The van der Waals surface area contributed by atoms with Crippen molar-refractivity contribution in [3.05, 3.63) is 72.0 Å². The number of rotatable bonds is 4. The molecule has 0 aliphatic rings. The summed E-state index contributed by atoms with van der Waals surface area (Å²) in [5, 5.41) is 9.21. The highest BCUT2D eigenvalue weighted by atomic mass is 16.3. The first-order chi connectivity index (χ1) is 8.63. The molecular weight excluding hydrogens is 222 g/mol. The fourth-order valence-corrected chi connectivity index (χ4v) is 1.38. The molecule has 0 radical (unpaired) electrons. The second-order valence-corrected chi connectivity index (χ2v) is 3.95. The van der Waals surface area contributed by atoms with Gasteiger partial charge in [0.25, 0.3) is 0 Å². The molecule has 1 rings (SSSR count). The predicted octanol–water partition coefficient (Wildman–Crippen LogP) is 3.77. The Balaban J connectivity index is 2.77. The maximum atomic E-state index is 9.21. The van der Waals surface area contributed by atoms with Gasteiger partial charge in [0.05, 0.1) is 0 Å². The van der Waals surface area contributed by atoms with Crippen LogP contribution in [0.25, 0.3) is 5.57 Å². The summed E-state index contributed by atoms with van der Waals surface area (Å²) in [5.41, 5.74) is 8.68. The first-order valence-corrected chi connectivity index (χ1v) is 5.86. The molecule has 0 unspecified atom stereocenters. The lowest BCUT2D eigenvalue weighted by atomic mass is 10.1. The van der Waals surface area contributed by atoms with Crippen LogP contribution < -0.4 is 5.73 Å². The number of benzene rings is 1. The Morgan fingerprint density at radius 2 is 1.78 bits per heavy atom. The molecule has 0 aromatic heterocycles. The molecule has 0 heterocycles. The molecule has 94 valence electrons. The van der Waals surface area contributed by atoms with Crippen LogP contribution in [0.4, 0.5) is 0 Å². The minimum Gasteiger partial charge on any atom is -0.508 e. The van der Waals surface area contributed by atoms with Crippen LogP contribution in [0.3, 0.4) is 0 Å². The Morgan fingerprint density at radius 1 is 1.11 bits per heavy atom. The van der Waals surface area contributed by atoms with E-state index in [0.717, 1.165) is 11.1 Å². The van der Waals surface area contributed by atoms with Crippen LogP contribution in [0.15, 0.2) is 66.4 Å². The van der Waals surface area contributed by atoms with Crippen molar-refractivity contribution in [2.75, 3.05) is 0 Å². The molecule has 1 aromatic carbocycles. The van der Waals surface area contributed by atoms with E-state index in [4.69, 9.17) is 5.73 Å². The summed E-state index contributed by atoms with van der Waals surface area (Å²) in [4.78, 5) is 0. The van der Waals surface area contributed by atoms with Gasteiger partial charge in [-0.1, -0.05) is 36.4 Å². The lowest BCUT2D eigenvalue weighted by Crippen LogP contribution is -1.91. The average Bonchev–Trinajstić information content (AvgIpc) is 2.37. The Bertz CT molecular complexity index is 490. The zero-order valence-corrected chi connectivity index (χ0v) is 10.8. The van der Waals surface area contributed by atoms with Crippen LogP contribution in [-0.2, 0) is 0 Å². The highest BCUT2D eigenvalue weighted by Crippen LogP contribution is 2.17. The van der Waals surface area contributed by atoms with Crippen LogP contribution in [-0.4, -0.2) is 5.11 Å². The highest BCUT2D eigenvalue weighted by Gasteiger charge is 1.94. The van der Waals surface area contributed by atoms with Gasteiger partial charge in [0.15, 0.2) is 0 Å². The van der Waals surface area contributed by atoms with Gasteiger partial charge < -0.3 is 10.8 Å². The predicted molar refractivity (Wildman–Crippen MR) is 78.0 cm³/mol. The number of phenols is 1. The number of hydrogen-bond donors (Lipinski definition) is 2. The molecule has 2 nitrogen and oxygen atoms in total. The summed E-state index contributed by atoms with van der Waals surface area (Å²) >= 11 is 0. The van der Waals surface area contributed by atoms with Gasteiger partial charge in [0.1, 0.15) is 5.75 Å². The van der Waals surface area contributed by atoms with Gasteiger partial charge in [0.2, 0.25) is 0 Å². The van der Waals surface area contributed by atoms with Crippen molar-refractivity contribution in [3.8, 4) is 5.75 Å². The standard InChI is InChI=1S/C16H19NO/c1-3-4-5-6-15(17)10-7-13(2)14-8-11-16(18)12-9-14/h3-12,18H,17H2,1-2H3/b4-3-,6-5-,13-7+,15-10-. The summed E-state index contributed by atoms with van der Waals surface area (Å²) in [7, 11) is 0. The molecule has 0 amide bonds. The van der Waals surface area contributed by atoms with Gasteiger partial charge in [-0.05, 0) is 49.3 Å². The van der Waals surface area contributed by atoms with Crippen molar-refractivity contribution in [1.82, 2.24) is 0 Å². The lowest BCUT2D eigenvalue weighted by molar-refractivity contribution is 0.475. The fraction of sp³-hybridized carbons (Fsp3) is 0.125. The molecule has 0 bridgehead atoms. The van der Waals surface area contributed by atoms with E-state index < -0.39 is 0 Å². The number of allylic oxidation sites excluding steroid dienone is 7. The van der Waals surface area contributed by atoms with E-state index in [9.17, 15) is 5.11 Å². The van der Waals surface area contributed by atoms with Crippen molar-refractivity contribution in [3.63, 3.8) is 0 Å². The van der Waals surface area contributed by atoms with Crippen LogP contribution in [0, 0.1) is 0 Å². The van der Waals surface area contributed by atoms with Crippen LogP contribution in [0.2, 0.25) is 0 Å². The second-order valence-electron chi connectivity index (χ2n) is 3.95. The molecule has 3 N–H and O–H groups in total. The third kappa shape index (κ3) is 4.74. The smallest absolute Gasteiger partial charge is 0.115 e. The SMILES string of the molecule is C\C=C/C=C\C(N)=C\C=C(/C)c1ccc(O)cc1. The van der Waals surface area contributed by atoms with Crippen LogP contribution >= 0.6 is 0 Å². The zero-order chi connectivity index (χ0) is 13.4. The Hall–Kier alpha value is -2.22. The molecule has 0 saturated carbocycles. The number of phenolic OH excluding ortho intramolecular Hbond substituents is 1. The van der Waals surface area contributed by atoms with Gasteiger partial charge in [-0.15, -0.1) is 0 Å². The normalized spacial score (nSPS) is 13.7. The minimum atomic E-state index is 0.274. The van der Waals surface area contributed by atoms with Crippen LogP contribution in [0.1, 0.15) is 19.4 Å². The van der Waals surface area contributed by atoms with E-state index in [2.05, 4.69) is 0 Å². The number of nitrogens with two attached hydrogens (primary N) is 1. The summed E-state index contributed by atoms with van der Waals surface area (Å²) in [6, 6.07) is 7.10. The summed E-state index contributed by atoms with van der Waals surface area (Å²) in [5.74, 6) is 0.274. The zero-order valence-electron chi connectivity index (χ0n) is 10.8. The number of aromatic hydroxyl groups is 1. The third-order valence-corrected chi connectivity index (χ3v) is 2.44. The topological polar surface area (TPSA) is 46.2 Å². The van der Waals surface area contributed by atoms with Crippen molar-refractivity contribution >= 4 is 5.57 Å². The maximum Gasteiger partial charge on any atom is 0.115 e. The quantitative estimate of drug-likeness (QED) is 0.788. The second kappa shape index (κ2) is 7.17. The summed E-state index contributed by atoms with van der Waals surface area (Å²) in [6.07, 6.45) is 11.4. The van der Waals surface area contributed by atoms with Crippen molar-refractivity contribution in [2.24, 2.45) is 5.73 Å². The monoisotopic (exact) mass is 241 g/mol. The van der Waals surface area contributed by atoms with Gasteiger partial charge in [-0.2, -0.15) is 0 Å². The molecule has 0 atom stereocenters. The molecule has 0 spiro atoms. The van der Waals surface area contributed by atoms with E-state index in [-0.39, 0.29) is 5.75 Å². The Labute approximate surface area is 108 Å². The number of hydrogen-bond acceptors (Lipinski definition) is 2. The van der Waals surface area contributed by atoms with Gasteiger partial charge in [-0.3, -0.25) is 0 Å². The van der Waals surface area contributed by atoms with Crippen LogP contribution in [0.5, 0.6) is 5.75 Å².